The third kappa shape index (κ3) is 5.14. The number of aliphatic hydroxyl groups excluding tert-OH is 2. The van der Waals surface area contributed by atoms with Gasteiger partial charge in [-0.05, 0) is 12.8 Å². The molecule has 0 fully saturated rings. The van der Waals surface area contributed by atoms with Gasteiger partial charge in [0, 0.05) is 6.42 Å². The van der Waals surface area contributed by atoms with E-state index >= 15 is 0 Å². The number of unbranched alkanes of at least 4 members (excludes halogenated alkanes) is 1. The third-order valence-corrected chi connectivity index (χ3v) is 2.69. The van der Waals surface area contributed by atoms with E-state index in [-0.39, 0.29) is 25.8 Å². The van der Waals surface area contributed by atoms with Crippen LogP contribution in [0.4, 0.5) is 0 Å². The summed E-state index contributed by atoms with van der Waals surface area (Å²) in [6.45, 7) is 3.62. The van der Waals surface area contributed by atoms with Crippen molar-refractivity contribution in [3.8, 4) is 0 Å². The van der Waals surface area contributed by atoms with Gasteiger partial charge in [0.15, 0.2) is 0 Å². The van der Waals surface area contributed by atoms with Crippen molar-refractivity contribution in [2.24, 2.45) is 5.41 Å². The molecule has 0 atom stereocenters. The molecule has 0 aliphatic heterocycles. The standard InChI is InChI=1S/C11H22O4/c1-3-5-6-10(14)15-9-11(4-2,7-12)8-13/h12-13H,3-9H2,1-2H3. The highest BCUT2D eigenvalue weighted by Gasteiger charge is 2.28. The number of aliphatic hydroxyl groups is 2. The quantitative estimate of drug-likeness (QED) is 0.599. The first-order valence-electron chi connectivity index (χ1n) is 5.51. The van der Waals surface area contributed by atoms with Gasteiger partial charge in [0.25, 0.3) is 0 Å². The molecule has 0 saturated carbocycles. The molecule has 0 saturated heterocycles. The van der Waals surface area contributed by atoms with Gasteiger partial charge in [0.05, 0.1) is 18.6 Å². The first kappa shape index (κ1) is 14.4. The van der Waals surface area contributed by atoms with Gasteiger partial charge >= 0.3 is 5.97 Å². The molecule has 0 radical (unpaired) electrons. The van der Waals surface area contributed by atoms with Crippen molar-refractivity contribution in [3.63, 3.8) is 0 Å². The molecule has 0 aromatic heterocycles. The van der Waals surface area contributed by atoms with Crippen molar-refractivity contribution >= 4 is 5.97 Å². The fourth-order valence-electron chi connectivity index (χ4n) is 1.09. The summed E-state index contributed by atoms with van der Waals surface area (Å²) in [6, 6.07) is 0. The smallest absolute Gasteiger partial charge is 0.305 e. The van der Waals surface area contributed by atoms with Crippen LogP contribution in [0.1, 0.15) is 39.5 Å². The second-order valence-corrected chi connectivity index (χ2v) is 3.93. The van der Waals surface area contributed by atoms with Crippen LogP contribution in [-0.4, -0.2) is 36.0 Å². The predicted molar refractivity (Wildman–Crippen MR) is 57.4 cm³/mol. The summed E-state index contributed by atoms with van der Waals surface area (Å²) in [5.41, 5.74) is -0.679. The molecule has 90 valence electrons. The Balaban J connectivity index is 3.93. The van der Waals surface area contributed by atoms with Gasteiger partial charge in [0.1, 0.15) is 6.61 Å². The Bertz CT molecular complexity index is 167. The summed E-state index contributed by atoms with van der Waals surface area (Å²) >= 11 is 0. The van der Waals surface area contributed by atoms with E-state index < -0.39 is 5.41 Å². The maximum Gasteiger partial charge on any atom is 0.305 e. The van der Waals surface area contributed by atoms with E-state index in [1.165, 1.54) is 0 Å². The molecule has 0 spiro atoms. The average molecular weight is 218 g/mol. The number of hydrogen-bond acceptors (Lipinski definition) is 4. The van der Waals surface area contributed by atoms with Gasteiger partial charge < -0.3 is 14.9 Å². The van der Waals surface area contributed by atoms with E-state index in [0.717, 1.165) is 12.8 Å². The van der Waals surface area contributed by atoms with E-state index in [1.807, 2.05) is 13.8 Å². The minimum atomic E-state index is -0.679. The Kier molecular flexibility index (Phi) is 7.34. The van der Waals surface area contributed by atoms with Gasteiger partial charge in [-0.1, -0.05) is 20.3 Å². The van der Waals surface area contributed by atoms with Crippen LogP contribution < -0.4 is 0 Å². The SMILES string of the molecule is CCCCC(=O)OCC(CC)(CO)CO. The number of rotatable bonds is 8. The molecule has 0 aromatic carbocycles. The lowest BCUT2D eigenvalue weighted by atomic mass is 9.88. The molecule has 0 unspecified atom stereocenters. The Morgan fingerprint density at radius 1 is 1.27 bits per heavy atom. The highest BCUT2D eigenvalue weighted by Crippen LogP contribution is 2.21. The van der Waals surface area contributed by atoms with Crippen LogP contribution in [0, 0.1) is 5.41 Å². The van der Waals surface area contributed by atoms with Crippen LogP contribution in [0.3, 0.4) is 0 Å². The second-order valence-electron chi connectivity index (χ2n) is 3.93. The topological polar surface area (TPSA) is 66.8 Å². The van der Waals surface area contributed by atoms with Crippen LogP contribution in [0.5, 0.6) is 0 Å². The maximum absolute atomic E-state index is 11.2. The number of carbonyl (C=O) groups excluding carboxylic acids is 1. The number of hydrogen-bond donors (Lipinski definition) is 2. The Labute approximate surface area is 91.3 Å². The molecule has 2 N–H and O–H groups in total. The van der Waals surface area contributed by atoms with Crippen LogP contribution in [0.25, 0.3) is 0 Å². The Hall–Kier alpha value is -0.610. The largest absolute Gasteiger partial charge is 0.465 e. The van der Waals surface area contributed by atoms with Gasteiger partial charge in [-0.2, -0.15) is 0 Å². The fraction of sp³-hybridized carbons (Fsp3) is 0.909. The maximum atomic E-state index is 11.2. The molecule has 0 heterocycles. The molecular weight excluding hydrogens is 196 g/mol. The second kappa shape index (κ2) is 7.65. The lowest BCUT2D eigenvalue weighted by Crippen LogP contribution is -2.35. The van der Waals surface area contributed by atoms with E-state index in [9.17, 15) is 4.79 Å². The highest BCUT2D eigenvalue weighted by atomic mass is 16.5. The van der Waals surface area contributed by atoms with Gasteiger partial charge in [-0.25, -0.2) is 0 Å². The van der Waals surface area contributed by atoms with Crippen molar-refractivity contribution in [2.75, 3.05) is 19.8 Å². The van der Waals surface area contributed by atoms with Crippen LogP contribution in [-0.2, 0) is 9.53 Å². The molecule has 0 rings (SSSR count). The summed E-state index contributed by atoms with van der Waals surface area (Å²) in [5, 5.41) is 18.2. The minimum absolute atomic E-state index is 0.0963. The average Bonchev–Trinajstić information content (AvgIpc) is 2.29. The van der Waals surface area contributed by atoms with E-state index in [1.54, 1.807) is 0 Å². The van der Waals surface area contributed by atoms with E-state index in [4.69, 9.17) is 14.9 Å². The van der Waals surface area contributed by atoms with Crippen LogP contribution in [0.2, 0.25) is 0 Å². The number of esters is 1. The van der Waals surface area contributed by atoms with E-state index in [0.29, 0.717) is 12.8 Å². The summed E-state index contributed by atoms with van der Waals surface area (Å²) in [5.74, 6) is -0.253. The predicted octanol–water partition coefficient (Wildman–Crippen LogP) is 1.10. The van der Waals surface area contributed by atoms with Crippen molar-refractivity contribution in [2.45, 2.75) is 39.5 Å². The molecule has 0 amide bonds. The van der Waals surface area contributed by atoms with Crippen molar-refractivity contribution in [3.05, 3.63) is 0 Å². The molecule has 4 heteroatoms. The molecule has 15 heavy (non-hydrogen) atoms. The third-order valence-electron chi connectivity index (χ3n) is 2.69. The summed E-state index contributed by atoms with van der Waals surface area (Å²) < 4.78 is 5.02. The van der Waals surface area contributed by atoms with Crippen LogP contribution >= 0.6 is 0 Å². The summed E-state index contributed by atoms with van der Waals surface area (Å²) in [4.78, 5) is 11.2. The summed E-state index contributed by atoms with van der Waals surface area (Å²) in [7, 11) is 0. The number of carbonyl (C=O) groups is 1. The lowest BCUT2D eigenvalue weighted by molar-refractivity contribution is -0.149. The normalized spacial score (nSPS) is 11.5. The highest BCUT2D eigenvalue weighted by molar-refractivity contribution is 5.69. The zero-order chi connectivity index (χ0) is 11.7. The van der Waals surface area contributed by atoms with Crippen molar-refractivity contribution in [1.82, 2.24) is 0 Å². The fourth-order valence-corrected chi connectivity index (χ4v) is 1.09. The van der Waals surface area contributed by atoms with Gasteiger partial charge in [0.2, 0.25) is 0 Å². The Morgan fingerprint density at radius 2 is 1.87 bits per heavy atom. The molecular formula is C11H22O4. The monoisotopic (exact) mass is 218 g/mol. The van der Waals surface area contributed by atoms with Crippen LogP contribution in [0.15, 0.2) is 0 Å². The molecule has 0 aliphatic rings. The first-order valence-corrected chi connectivity index (χ1v) is 5.51. The van der Waals surface area contributed by atoms with Gasteiger partial charge in [-0.3, -0.25) is 4.79 Å². The number of ether oxygens (including phenoxy) is 1. The molecule has 0 aromatic rings. The summed E-state index contributed by atoms with van der Waals surface area (Å²) in [6.07, 6.45) is 2.76. The zero-order valence-corrected chi connectivity index (χ0v) is 9.66. The van der Waals surface area contributed by atoms with Crippen molar-refractivity contribution < 1.29 is 19.7 Å². The molecule has 0 bridgehead atoms. The minimum Gasteiger partial charge on any atom is -0.465 e. The molecule has 4 nitrogen and oxygen atoms in total. The van der Waals surface area contributed by atoms with E-state index in [2.05, 4.69) is 0 Å². The first-order chi connectivity index (χ1) is 7.14. The van der Waals surface area contributed by atoms with Crippen molar-refractivity contribution in [1.29, 1.82) is 0 Å². The zero-order valence-electron chi connectivity index (χ0n) is 9.66. The van der Waals surface area contributed by atoms with Gasteiger partial charge in [-0.15, -0.1) is 0 Å². The lowest BCUT2D eigenvalue weighted by Gasteiger charge is -2.27. The molecule has 0 aliphatic carbocycles. The Morgan fingerprint density at radius 3 is 2.27 bits per heavy atom.